The summed E-state index contributed by atoms with van der Waals surface area (Å²) in [7, 11) is 0. The lowest BCUT2D eigenvalue weighted by molar-refractivity contribution is 0.854. The molecule has 1 heterocycles. The van der Waals surface area contributed by atoms with E-state index in [1.807, 2.05) is 37.3 Å². The van der Waals surface area contributed by atoms with Crippen molar-refractivity contribution in [2.24, 2.45) is 0 Å². The van der Waals surface area contributed by atoms with Gasteiger partial charge in [-0.25, -0.2) is 9.97 Å². The van der Waals surface area contributed by atoms with Gasteiger partial charge in [-0.15, -0.1) is 0 Å². The molecular formula is C14H15BrClN3. The van der Waals surface area contributed by atoms with Gasteiger partial charge in [0.15, 0.2) is 0 Å². The third-order valence-corrected chi connectivity index (χ3v) is 3.41. The first-order valence-electron chi connectivity index (χ1n) is 6.14. The van der Waals surface area contributed by atoms with Crippen molar-refractivity contribution in [1.82, 2.24) is 9.97 Å². The Morgan fingerprint density at radius 1 is 1.32 bits per heavy atom. The van der Waals surface area contributed by atoms with E-state index in [0.717, 1.165) is 33.3 Å². The van der Waals surface area contributed by atoms with Gasteiger partial charge in [-0.2, -0.15) is 0 Å². The molecule has 0 aliphatic carbocycles. The van der Waals surface area contributed by atoms with Gasteiger partial charge in [0.05, 0.1) is 0 Å². The summed E-state index contributed by atoms with van der Waals surface area (Å²) in [5.41, 5.74) is 1.13. The number of anilines is 1. The molecular weight excluding hydrogens is 326 g/mol. The minimum atomic E-state index is 0.130. The molecule has 0 aliphatic rings. The van der Waals surface area contributed by atoms with Crippen molar-refractivity contribution in [2.45, 2.75) is 26.3 Å². The van der Waals surface area contributed by atoms with Crippen molar-refractivity contribution in [3.8, 4) is 0 Å². The van der Waals surface area contributed by atoms with Crippen LogP contribution in [0.3, 0.4) is 0 Å². The Bertz CT molecular complexity index is 574. The van der Waals surface area contributed by atoms with E-state index in [1.165, 1.54) is 0 Å². The molecule has 1 atom stereocenters. The molecule has 1 unspecified atom stereocenters. The Balaban J connectivity index is 2.18. The van der Waals surface area contributed by atoms with Gasteiger partial charge in [0.1, 0.15) is 16.2 Å². The van der Waals surface area contributed by atoms with Crippen LogP contribution in [0.4, 0.5) is 5.82 Å². The average Bonchev–Trinajstić information content (AvgIpc) is 2.38. The third kappa shape index (κ3) is 3.91. The van der Waals surface area contributed by atoms with Gasteiger partial charge in [-0.3, -0.25) is 0 Å². The normalized spacial score (nSPS) is 12.2. The number of aryl methyl sites for hydroxylation is 1. The molecule has 0 radical (unpaired) electrons. The highest BCUT2D eigenvalue weighted by Crippen LogP contribution is 2.22. The highest BCUT2D eigenvalue weighted by molar-refractivity contribution is 9.10. The number of aromatic nitrogens is 2. The minimum Gasteiger partial charge on any atom is -0.363 e. The monoisotopic (exact) mass is 339 g/mol. The average molecular weight is 341 g/mol. The lowest BCUT2D eigenvalue weighted by Crippen LogP contribution is -2.09. The van der Waals surface area contributed by atoms with Gasteiger partial charge in [0, 0.05) is 23.6 Å². The maximum absolute atomic E-state index is 6.00. The second kappa shape index (κ2) is 6.35. The van der Waals surface area contributed by atoms with E-state index < -0.39 is 0 Å². The SMILES string of the molecule is CCc1nc(Br)cc(NC(C)c2cccc(Cl)c2)n1. The zero-order chi connectivity index (χ0) is 13.8. The van der Waals surface area contributed by atoms with Crippen molar-refractivity contribution in [2.75, 3.05) is 5.32 Å². The molecule has 0 aliphatic heterocycles. The van der Waals surface area contributed by atoms with E-state index >= 15 is 0 Å². The van der Waals surface area contributed by atoms with Crippen LogP contribution in [-0.2, 0) is 6.42 Å². The summed E-state index contributed by atoms with van der Waals surface area (Å²) in [4.78, 5) is 8.75. The second-order valence-corrected chi connectivity index (χ2v) is 5.52. The van der Waals surface area contributed by atoms with Crippen LogP contribution in [0.25, 0.3) is 0 Å². The van der Waals surface area contributed by atoms with E-state index in [9.17, 15) is 0 Å². The summed E-state index contributed by atoms with van der Waals surface area (Å²) >= 11 is 9.40. The van der Waals surface area contributed by atoms with Crippen LogP contribution in [0, 0.1) is 0 Å². The maximum Gasteiger partial charge on any atom is 0.131 e. The van der Waals surface area contributed by atoms with Crippen LogP contribution < -0.4 is 5.32 Å². The van der Waals surface area contributed by atoms with Gasteiger partial charge >= 0.3 is 0 Å². The second-order valence-electron chi connectivity index (χ2n) is 4.27. The van der Waals surface area contributed by atoms with Crippen LogP contribution in [-0.4, -0.2) is 9.97 Å². The van der Waals surface area contributed by atoms with E-state index in [-0.39, 0.29) is 6.04 Å². The molecule has 5 heteroatoms. The fourth-order valence-electron chi connectivity index (χ4n) is 1.78. The molecule has 0 saturated heterocycles. The van der Waals surface area contributed by atoms with Crippen molar-refractivity contribution in [3.05, 3.63) is 51.3 Å². The predicted octanol–water partition coefficient (Wildman–Crippen LogP) is 4.63. The molecule has 2 rings (SSSR count). The van der Waals surface area contributed by atoms with E-state index in [0.29, 0.717) is 0 Å². The molecule has 19 heavy (non-hydrogen) atoms. The Morgan fingerprint density at radius 2 is 2.11 bits per heavy atom. The highest BCUT2D eigenvalue weighted by Gasteiger charge is 2.08. The molecule has 1 aromatic heterocycles. The van der Waals surface area contributed by atoms with Gasteiger partial charge in [0.2, 0.25) is 0 Å². The summed E-state index contributed by atoms with van der Waals surface area (Å²) in [5.74, 6) is 1.63. The van der Waals surface area contributed by atoms with Crippen LogP contribution in [0.5, 0.6) is 0 Å². The molecule has 3 nitrogen and oxygen atoms in total. The van der Waals surface area contributed by atoms with Crippen LogP contribution in [0.2, 0.25) is 5.02 Å². The zero-order valence-electron chi connectivity index (χ0n) is 10.8. The first-order chi connectivity index (χ1) is 9.08. The predicted molar refractivity (Wildman–Crippen MR) is 82.6 cm³/mol. The van der Waals surface area contributed by atoms with Crippen molar-refractivity contribution in [1.29, 1.82) is 0 Å². The maximum atomic E-state index is 6.00. The molecule has 0 bridgehead atoms. The molecule has 100 valence electrons. The minimum absolute atomic E-state index is 0.130. The molecule has 0 spiro atoms. The van der Waals surface area contributed by atoms with E-state index in [1.54, 1.807) is 0 Å². The Hall–Kier alpha value is -1.13. The van der Waals surface area contributed by atoms with Crippen LogP contribution >= 0.6 is 27.5 Å². The number of hydrogen-bond acceptors (Lipinski definition) is 3. The van der Waals surface area contributed by atoms with E-state index in [4.69, 9.17) is 11.6 Å². The number of benzene rings is 1. The number of nitrogens with one attached hydrogen (secondary N) is 1. The van der Waals surface area contributed by atoms with Crippen molar-refractivity contribution in [3.63, 3.8) is 0 Å². The first kappa shape index (κ1) is 14.3. The van der Waals surface area contributed by atoms with E-state index in [2.05, 4.69) is 38.1 Å². The van der Waals surface area contributed by atoms with Gasteiger partial charge in [-0.1, -0.05) is 30.7 Å². The fourth-order valence-corrected chi connectivity index (χ4v) is 2.40. The molecule has 2 aromatic rings. The van der Waals surface area contributed by atoms with Gasteiger partial charge in [-0.05, 0) is 40.5 Å². The van der Waals surface area contributed by atoms with Crippen molar-refractivity contribution < 1.29 is 0 Å². The molecule has 1 N–H and O–H groups in total. The standard InChI is InChI=1S/C14H15BrClN3/c1-3-13-18-12(15)8-14(19-13)17-9(2)10-5-4-6-11(16)7-10/h4-9H,3H2,1-2H3,(H,17,18,19). The first-order valence-corrected chi connectivity index (χ1v) is 7.31. The smallest absolute Gasteiger partial charge is 0.131 e. The molecule has 0 saturated carbocycles. The summed E-state index contributed by atoms with van der Waals surface area (Å²) in [6.45, 7) is 4.11. The van der Waals surface area contributed by atoms with Gasteiger partial charge in [0.25, 0.3) is 0 Å². The molecule has 1 aromatic carbocycles. The van der Waals surface area contributed by atoms with Crippen LogP contribution in [0.15, 0.2) is 34.9 Å². The van der Waals surface area contributed by atoms with Crippen LogP contribution in [0.1, 0.15) is 31.3 Å². The molecule has 0 amide bonds. The topological polar surface area (TPSA) is 37.8 Å². The third-order valence-electron chi connectivity index (χ3n) is 2.77. The Morgan fingerprint density at radius 3 is 2.79 bits per heavy atom. The highest BCUT2D eigenvalue weighted by atomic mass is 79.9. The summed E-state index contributed by atoms with van der Waals surface area (Å²) in [6, 6.07) is 9.82. The fraction of sp³-hybridized carbons (Fsp3) is 0.286. The number of rotatable bonds is 4. The van der Waals surface area contributed by atoms with Crippen molar-refractivity contribution >= 4 is 33.3 Å². The zero-order valence-corrected chi connectivity index (χ0v) is 13.2. The number of hydrogen-bond donors (Lipinski definition) is 1. The van der Waals surface area contributed by atoms with Gasteiger partial charge < -0.3 is 5.32 Å². The summed E-state index contributed by atoms with van der Waals surface area (Å²) in [6.07, 6.45) is 0.805. The number of halogens is 2. The largest absolute Gasteiger partial charge is 0.363 e. The Kier molecular flexibility index (Phi) is 4.77. The lowest BCUT2D eigenvalue weighted by Gasteiger charge is -2.15. The summed E-state index contributed by atoms with van der Waals surface area (Å²) < 4.78 is 0.792. The number of nitrogens with zero attached hydrogens (tertiary/aromatic N) is 2. The molecule has 0 fully saturated rings. The summed E-state index contributed by atoms with van der Waals surface area (Å²) in [5, 5.41) is 4.10. The quantitative estimate of drug-likeness (QED) is 0.825. The lowest BCUT2D eigenvalue weighted by atomic mass is 10.1. The Labute approximate surface area is 126 Å².